The van der Waals surface area contributed by atoms with Crippen molar-refractivity contribution in [3.05, 3.63) is 29.3 Å². The van der Waals surface area contributed by atoms with Gasteiger partial charge in [-0.05, 0) is 30.0 Å². The highest BCUT2D eigenvalue weighted by Crippen LogP contribution is 2.53. The van der Waals surface area contributed by atoms with E-state index in [1.807, 2.05) is 0 Å². The molecule has 1 saturated carbocycles. The lowest BCUT2D eigenvalue weighted by molar-refractivity contribution is -0.0786. The van der Waals surface area contributed by atoms with Crippen molar-refractivity contribution in [2.45, 2.75) is 30.2 Å². The van der Waals surface area contributed by atoms with Crippen molar-refractivity contribution < 1.29 is 9.47 Å². The predicted octanol–water partition coefficient (Wildman–Crippen LogP) is 1.38. The molecule has 0 spiro atoms. The van der Waals surface area contributed by atoms with Gasteiger partial charge in [0.25, 0.3) is 0 Å². The summed E-state index contributed by atoms with van der Waals surface area (Å²) in [6.45, 7) is 2.38. The van der Waals surface area contributed by atoms with E-state index in [0.29, 0.717) is 0 Å². The van der Waals surface area contributed by atoms with Crippen molar-refractivity contribution in [3.8, 4) is 5.75 Å². The Labute approximate surface area is 101 Å². The number of fused-ring (bicyclic) bond motifs is 1. The van der Waals surface area contributed by atoms with Crippen LogP contribution in [0.4, 0.5) is 0 Å². The Hall–Kier alpha value is -1.06. The van der Waals surface area contributed by atoms with E-state index >= 15 is 0 Å². The van der Waals surface area contributed by atoms with Gasteiger partial charge in [-0.2, -0.15) is 0 Å². The summed E-state index contributed by atoms with van der Waals surface area (Å²) in [7, 11) is 0. The maximum atomic E-state index is 6.45. The predicted molar refractivity (Wildman–Crippen MR) is 64.3 cm³/mol. The van der Waals surface area contributed by atoms with Gasteiger partial charge in [-0.3, -0.25) is 0 Å². The molecular formula is C14H17NO2. The summed E-state index contributed by atoms with van der Waals surface area (Å²) in [5.41, 5.74) is 9.20. The molecule has 17 heavy (non-hydrogen) atoms. The van der Waals surface area contributed by atoms with Crippen LogP contribution in [0.2, 0.25) is 0 Å². The molecule has 0 atom stereocenters. The highest BCUT2D eigenvalue weighted by atomic mass is 16.5. The van der Waals surface area contributed by atoms with Gasteiger partial charge in [0.15, 0.2) is 0 Å². The number of ether oxygens (including phenoxy) is 2. The molecule has 1 aromatic carbocycles. The van der Waals surface area contributed by atoms with E-state index in [9.17, 15) is 0 Å². The molecule has 1 aromatic rings. The smallest absolute Gasteiger partial charge is 0.122 e. The largest absolute Gasteiger partial charge is 0.493 e. The summed E-state index contributed by atoms with van der Waals surface area (Å²) in [4.78, 5) is 0. The fraction of sp³-hybridized carbons (Fsp3) is 0.571. The molecule has 0 bridgehead atoms. The number of benzene rings is 1. The average Bonchev–Trinajstić information content (AvgIpc) is 2.84. The minimum Gasteiger partial charge on any atom is -0.493 e. The Balaban J connectivity index is 1.78. The van der Waals surface area contributed by atoms with Crippen LogP contribution in [0, 0.1) is 0 Å². The minimum atomic E-state index is -0.0149. The highest BCUT2D eigenvalue weighted by Gasteiger charge is 2.61. The molecule has 0 aromatic heterocycles. The third kappa shape index (κ3) is 1.19. The van der Waals surface area contributed by atoms with Crippen molar-refractivity contribution in [2.75, 3.05) is 19.8 Å². The Morgan fingerprint density at radius 1 is 1.18 bits per heavy atom. The van der Waals surface area contributed by atoms with Gasteiger partial charge in [-0.25, -0.2) is 0 Å². The molecule has 4 rings (SSSR count). The molecule has 3 heteroatoms. The Bertz CT molecular complexity index is 475. The van der Waals surface area contributed by atoms with Crippen LogP contribution in [0.15, 0.2) is 18.2 Å². The summed E-state index contributed by atoms with van der Waals surface area (Å²) in [6, 6.07) is 6.57. The van der Waals surface area contributed by atoms with Gasteiger partial charge in [-0.1, -0.05) is 12.1 Å². The molecule has 2 N–H and O–H groups in total. The van der Waals surface area contributed by atoms with Gasteiger partial charge in [0.05, 0.1) is 25.2 Å². The monoisotopic (exact) mass is 231 g/mol. The highest BCUT2D eigenvalue weighted by molar-refractivity contribution is 5.46. The Kier molecular flexibility index (Phi) is 1.77. The van der Waals surface area contributed by atoms with Gasteiger partial charge < -0.3 is 15.2 Å². The van der Waals surface area contributed by atoms with Crippen molar-refractivity contribution in [3.63, 3.8) is 0 Å². The van der Waals surface area contributed by atoms with E-state index in [4.69, 9.17) is 15.2 Å². The SMILES string of the molecule is NC1(C2(c3ccc4c(c3)CCO4)COC2)CC1. The van der Waals surface area contributed by atoms with Crippen molar-refractivity contribution in [1.82, 2.24) is 0 Å². The van der Waals surface area contributed by atoms with Gasteiger partial charge in [-0.15, -0.1) is 0 Å². The molecule has 1 saturated heterocycles. The fourth-order valence-corrected chi connectivity index (χ4v) is 3.15. The van der Waals surface area contributed by atoms with Crippen LogP contribution in [0.1, 0.15) is 24.0 Å². The molecule has 2 aliphatic heterocycles. The van der Waals surface area contributed by atoms with Crippen LogP contribution in [-0.4, -0.2) is 25.4 Å². The molecule has 0 amide bonds. The molecule has 1 aliphatic carbocycles. The summed E-state index contributed by atoms with van der Waals surface area (Å²) in [5, 5.41) is 0. The number of hydrogen-bond donors (Lipinski definition) is 1. The van der Waals surface area contributed by atoms with Crippen LogP contribution in [-0.2, 0) is 16.6 Å². The van der Waals surface area contributed by atoms with E-state index in [2.05, 4.69) is 18.2 Å². The first-order valence-electron chi connectivity index (χ1n) is 6.36. The summed E-state index contributed by atoms with van der Waals surface area (Å²) >= 11 is 0. The van der Waals surface area contributed by atoms with E-state index in [0.717, 1.165) is 44.8 Å². The van der Waals surface area contributed by atoms with E-state index in [1.54, 1.807) is 0 Å². The van der Waals surface area contributed by atoms with Gasteiger partial charge >= 0.3 is 0 Å². The summed E-state index contributed by atoms with van der Waals surface area (Å²) < 4.78 is 11.0. The maximum absolute atomic E-state index is 6.45. The Morgan fingerprint density at radius 2 is 2.00 bits per heavy atom. The summed E-state index contributed by atoms with van der Waals surface area (Å²) in [5.74, 6) is 1.05. The van der Waals surface area contributed by atoms with Crippen LogP contribution < -0.4 is 10.5 Å². The van der Waals surface area contributed by atoms with E-state index < -0.39 is 0 Å². The van der Waals surface area contributed by atoms with Crippen LogP contribution in [0.25, 0.3) is 0 Å². The van der Waals surface area contributed by atoms with Crippen LogP contribution in [0.3, 0.4) is 0 Å². The lowest BCUT2D eigenvalue weighted by atomic mass is 9.70. The first-order valence-corrected chi connectivity index (χ1v) is 6.36. The second kappa shape index (κ2) is 3.03. The van der Waals surface area contributed by atoms with E-state index in [1.165, 1.54) is 11.1 Å². The standard InChI is InChI=1S/C14H17NO2/c15-14(4-5-14)13(8-16-9-13)11-1-2-12-10(7-11)3-6-17-12/h1-2,7H,3-6,8-9,15H2. The number of nitrogens with two attached hydrogens (primary N) is 1. The quantitative estimate of drug-likeness (QED) is 0.836. The van der Waals surface area contributed by atoms with Crippen molar-refractivity contribution in [2.24, 2.45) is 5.73 Å². The maximum Gasteiger partial charge on any atom is 0.122 e. The zero-order valence-electron chi connectivity index (χ0n) is 9.87. The van der Waals surface area contributed by atoms with Crippen molar-refractivity contribution in [1.29, 1.82) is 0 Å². The Morgan fingerprint density at radius 3 is 2.65 bits per heavy atom. The zero-order chi connectivity index (χ0) is 11.5. The topological polar surface area (TPSA) is 44.5 Å². The van der Waals surface area contributed by atoms with E-state index in [-0.39, 0.29) is 11.0 Å². The first-order chi connectivity index (χ1) is 8.24. The molecule has 0 unspecified atom stereocenters. The number of rotatable bonds is 2. The second-order valence-corrected chi connectivity index (χ2v) is 5.65. The molecule has 3 aliphatic rings. The summed E-state index contributed by atoms with van der Waals surface area (Å²) in [6.07, 6.45) is 3.28. The zero-order valence-corrected chi connectivity index (χ0v) is 9.87. The van der Waals surface area contributed by atoms with Gasteiger partial charge in [0.2, 0.25) is 0 Å². The molecule has 90 valence electrons. The van der Waals surface area contributed by atoms with Gasteiger partial charge in [0, 0.05) is 12.0 Å². The van der Waals surface area contributed by atoms with Crippen LogP contribution >= 0.6 is 0 Å². The van der Waals surface area contributed by atoms with Crippen LogP contribution in [0.5, 0.6) is 5.75 Å². The minimum absolute atomic E-state index is 0.0149. The normalized spacial score (nSPS) is 26.9. The first kappa shape index (κ1) is 9.92. The van der Waals surface area contributed by atoms with Gasteiger partial charge in [0.1, 0.15) is 5.75 Å². The number of hydrogen-bond acceptors (Lipinski definition) is 3. The fourth-order valence-electron chi connectivity index (χ4n) is 3.15. The molecular weight excluding hydrogens is 214 g/mol. The third-order valence-electron chi connectivity index (χ3n) is 4.68. The molecule has 2 fully saturated rings. The molecule has 2 heterocycles. The molecule has 3 nitrogen and oxygen atoms in total. The lowest BCUT2D eigenvalue weighted by Crippen LogP contribution is -2.60. The van der Waals surface area contributed by atoms with Crippen molar-refractivity contribution >= 4 is 0 Å². The average molecular weight is 231 g/mol. The molecule has 0 radical (unpaired) electrons. The second-order valence-electron chi connectivity index (χ2n) is 5.65. The lowest BCUT2D eigenvalue weighted by Gasteiger charge is -2.47. The third-order valence-corrected chi connectivity index (χ3v) is 4.68.